The summed E-state index contributed by atoms with van der Waals surface area (Å²) in [6.07, 6.45) is 7.50. The van der Waals surface area contributed by atoms with Crippen LogP contribution in [-0.2, 0) is 7.05 Å². The number of Topliss-reactive ketones (excluding diaryl/α,β-unsaturated/α-hetero) is 1. The van der Waals surface area contributed by atoms with Gasteiger partial charge in [-0.25, -0.2) is 0 Å². The van der Waals surface area contributed by atoms with Gasteiger partial charge < -0.3 is 0 Å². The molecule has 0 bridgehead atoms. The highest BCUT2D eigenvalue weighted by atomic mass is 16.1. The fraction of sp³-hybridized carbons (Fsp3) is 0.692. The molecule has 0 radical (unpaired) electrons. The number of nitrogens with zero attached hydrogens (tertiary/aromatic N) is 2. The molecule has 0 saturated heterocycles. The van der Waals surface area contributed by atoms with Gasteiger partial charge in [0, 0.05) is 19.2 Å². The minimum atomic E-state index is 0.234. The molecular formula is C13H20N2O. The lowest BCUT2D eigenvalue weighted by atomic mass is 9.78. The van der Waals surface area contributed by atoms with Crippen molar-refractivity contribution >= 4 is 5.78 Å². The fourth-order valence-corrected chi connectivity index (χ4v) is 2.66. The Labute approximate surface area is 96.8 Å². The van der Waals surface area contributed by atoms with Gasteiger partial charge >= 0.3 is 0 Å². The quantitative estimate of drug-likeness (QED) is 0.734. The molecule has 0 N–H and O–H groups in total. The van der Waals surface area contributed by atoms with Gasteiger partial charge in [-0.1, -0.05) is 13.3 Å². The Balaban J connectivity index is 2.00. The molecule has 1 heterocycles. The number of ketones is 1. The van der Waals surface area contributed by atoms with Crippen molar-refractivity contribution < 1.29 is 4.79 Å². The van der Waals surface area contributed by atoms with Crippen LogP contribution in [0, 0.1) is 11.8 Å². The van der Waals surface area contributed by atoms with E-state index >= 15 is 0 Å². The lowest BCUT2D eigenvalue weighted by Gasteiger charge is -2.26. The molecular weight excluding hydrogens is 200 g/mol. The normalized spacial score (nSPS) is 25.6. The van der Waals surface area contributed by atoms with Gasteiger partial charge in [0.1, 0.15) is 5.69 Å². The van der Waals surface area contributed by atoms with E-state index in [1.165, 1.54) is 19.3 Å². The van der Waals surface area contributed by atoms with Crippen LogP contribution in [0.1, 0.15) is 49.5 Å². The van der Waals surface area contributed by atoms with Crippen molar-refractivity contribution in [2.24, 2.45) is 18.9 Å². The Bertz CT molecular complexity index is 362. The van der Waals surface area contributed by atoms with Crippen molar-refractivity contribution in [1.29, 1.82) is 0 Å². The molecule has 1 aromatic heterocycles. The number of hydrogen-bond acceptors (Lipinski definition) is 2. The number of carbonyl (C=O) groups is 1. The maximum Gasteiger partial charge on any atom is 0.183 e. The first-order valence-electron chi connectivity index (χ1n) is 6.24. The SMILES string of the molecule is CCC1CCC(C(=O)c2ccnn2C)CC1. The topological polar surface area (TPSA) is 34.9 Å². The lowest BCUT2D eigenvalue weighted by Crippen LogP contribution is -2.23. The highest BCUT2D eigenvalue weighted by Crippen LogP contribution is 2.32. The smallest absolute Gasteiger partial charge is 0.183 e. The van der Waals surface area contributed by atoms with E-state index in [0.717, 1.165) is 24.5 Å². The van der Waals surface area contributed by atoms with Gasteiger partial charge in [-0.05, 0) is 37.7 Å². The fourth-order valence-electron chi connectivity index (χ4n) is 2.66. The summed E-state index contributed by atoms with van der Waals surface area (Å²) in [5, 5.41) is 4.06. The molecule has 1 aliphatic rings. The third-order valence-electron chi connectivity index (χ3n) is 3.87. The zero-order chi connectivity index (χ0) is 11.5. The first-order chi connectivity index (χ1) is 7.72. The van der Waals surface area contributed by atoms with Crippen LogP contribution in [0.3, 0.4) is 0 Å². The van der Waals surface area contributed by atoms with Crippen LogP contribution in [0.4, 0.5) is 0 Å². The molecule has 0 spiro atoms. The lowest BCUT2D eigenvalue weighted by molar-refractivity contribution is 0.0861. The van der Waals surface area contributed by atoms with Gasteiger partial charge in [-0.2, -0.15) is 5.10 Å². The maximum absolute atomic E-state index is 12.2. The number of aromatic nitrogens is 2. The number of hydrogen-bond donors (Lipinski definition) is 0. The molecule has 0 aromatic carbocycles. The summed E-state index contributed by atoms with van der Waals surface area (Å²) < 4.78 is 1.69. The van der Waals surface area contributed by atoms with Crippen LogP contribution < -0.4 is 0 Å². The summed E-state index contributed by atoms with van der Waals surface area (Å²) in [4.78, 5) is 12.2. The zero-order valence-electron chi connectivity index (χ0n) is 10.1. The molecule has 0 unspecified atom stereocenters. The van der Waals surface area contributed by atoms with E-state index in [4.69, 9.17) is 0 Å². The summed E-state index contributed by atoms with van der Waals surface area (Å²) in [6, 6.07) is 1.83. The summed E-state index contributed by atoms with van der Waals surface area (Å²) in [7, 11) is 1.84. The van der Waals surface area contributed by atoms with Gasteiger partial charge in [0.05, 0.1) is 0 Å². The average molecular weight is 220 g/mol. The molecule has 1 saturated carbocycles. The second-order valence-corrected chi connectivity index (χ2v) is 4.83. The minimum absolute atomic E-state index is 0.234. The Morgan fingerprint density at radius 2 is 2.12 bits per heavy atom. The molecule has 3 nitrogen and oxygen atoms in total. The summed E-state index contributed by atoms with van der Waals surface area (Å²) in [5.74, 6) is 1.36. The van der Waals surface area contributed by atoms with Crippen LogP contribution in [0.25, 0.3) is 0 Å². The predicted octanol–water partition coefficient (Wildman–Crippen LogP) is 2.82. The van der Waals surface area contributed by atoms with Crippen LogP contribution in [-0.4, -0.2) is 15.6 Å². The van der Waals surface area contributed by atoms with Crippen molar-refractivity contribution in [2.45, 2.75) is 39.0 Å². The van der Waals surface area contributed by atoms with Crippen molar-refractivity contribution in [3.63, 3.8) is 0 Å². The monoisotopic (exact) mass is 220 g/mol. The van der Waals surface area contributed by atoms with Crippen molar-refractivity contribution in [3.05, 3.63) is 18.0 Å². The first kappa shape index (κ1) is 11.4. The van der Waals surface area contributed by atoms with E-state index in [2.05, 4.69) is 12.0 Å². The van der Waals surface area contributed by atoms with Gasteiger partial charge in [0.2, 0.25) is 0 Å². The van der Waals surface area contributed by atoms with E-state index in [1.807, 2.05) is 13.1 Å². The molecule has 2 rings (SSSR count). The molecule has 88 valence electrons. The standard InChI is InChI=1S/C13H20N2O/c1-3-10-4-6-11(7-5-10)13(16)12-8-9-14-15(12)2/h8-11H,3-7H2,1-2H3. The number of carbonyl (C=O) groups excluding carboxylic acids is 1. The molecule has 1 aliphatic carbocycles. The van der Waals surface area contributed by atoms with Crippen molar-refractivity contribution in [1.82, 2.24) is 9.78 Å². The minimum Gasteiger partial charge on any atom is -0.292 e. The molecule has 0 amide bonds. The summed E-state index contributed by atoms with van der Waals surface area (Å²) >= 11 is 0. The highest BCUT2D eigenvalue weighted by Gasteiger charge is 2.27. The van der Waals surface area contributed by atoms with E-state index in [9.17, 15) is 4.79 Å². The van der Waals surface area contributed by atoms with Crippen LogP contribution >= 0.6 is 0 Å². The number of rotatable bonds is 3. The van der Waals surface area contributed by atoms with E-state index in [-0.39, 0.29) is 11.7 Å². The average Bonchev–Trinajstić information content (AvgIpc) is 2.75. The summed E-state index contributed by atoms with van der Waals surface area (Å²) in [5.41, 5.74) is 0.764. The van der Waals surface area contributed by atoms with Gasteiger partial charge in [0.15, 0.2) is 5.78 Å². The van der Waals surface area contributed by atoms with Crippen LogP contribution in [0.5, 0.6) is 0 Å². The second-order valence-electron chi connectivity index (χ2n) is 4.83. The van der Waals surface area contributed by atoms with Crippen LogP contribution in [0.15, 0.2) is 12.3 Å². The molecule has 0 aliphatic heterocycles. The third-order valence-corrected chi connectivity index (χ3v) is 3.87. The molecule has 1 aromatic rings. The predicted molar refractivity (Wildman–Crippen MR) is 63.3 cm³/mol. The van der Waals surface area contributed by atoms with Gasteiger partial charge in [-0.15, -0.1) is 0 Å². The van der Waals surface area contributed by atoms with Crippen molar-refractivity contribution in [3.8, 4) is 0 Å². The van der Waals surface area contributed by atoms with E-state index in [1.54, 1.807) is 10.9 Å². The van der Waals surface area contributed by atoms with E-state index in [0.29, 0.717) is 0 Å². The Morgan fingerprint density at radius 3 is 2.62 bits per heavy atom. The highest BCUT2D eigenvalue weighted by molar-refractivity contribution is 5.96. The van der Waals surface area contributed by atoms with Gasteiger partial charge in [-0.3, -0.25) is 9.48 Å². The third kappa shape index (κ3) is 2.18. The zero-order valence-corrected chi connectivity index (χ0v) is 10.1. The maximum atomic E-state index is 12.2. The Hall–Kier alpha value is -1.12. The van der Waals surface area contributed by atoms with E-state index < -0.39 is 0 Å². The number of aryl methyl sites for hydroxylation is 1. The Kier molecular flexibility index (Phi) is 3.42. The largest absolute Gasteiger partial charge is 0.292 e. The molecule has 0 atom stereocenters. The van der Waals surface area contributed by atoms with Crippen molar-refractivity contribution in [2.75, 3.05) is 0 Å². The molecule has 1 fully saturated rings. The van der Waals surface area contributed by atoms with Crippen LogP contribution in [0.2, 0.25) is 0 Å². The second kappa shape index (κ2) is 4.81. The molecule has 16 heavy (non-hydrogen) atoms. The Morgan fingerprint density at radius 1 is 1.44 bits per heavy atom. The summed E-state index contributed by atoms with van der Waals surface area (Å²) in [6.45, 7) is 2.24. The first-order valence-corrected chi connectivity index (χ1v) is 6.24. The molecule has 3 heteroatoms. The van der Waals surface area contributed by atoms with Gasteiger partial charge in [0.25, 0.3) is 0 Å².